The smallest absolute Gasteiger partial charge is 0.193 e. The zero-order valence-corrected chi connectivity index (χ0v) is 17.8. The van der Waals surface area contributed by atoms with Gasteiger partial charge in [0.25, 0.3) is 0 Å². The first kappa shape index (κ1) is 20.1. The number of methoxy groups -OCH3 is 2. The third-order valence-electron chi connectivity index (χ3n) is 5.51. The summed E-state index contributed by atoms with van der Waals surface area (Å²) in [7, 11) is 5.19. The van der Waals surface area contributed by atoms with Crippen molar-refractivity contribution in [2.45, 2.75) is 38.6 Å². The van der Waals surface area contributed by atoms with Gasteiger partial charge in [-0.1, -0.05) is 18.9 Å². The summed E-state index contributed by atoms with van der Waals surface area (Å²) >= 11 is 0. The summed E-state index contributed by atoms with van der Waals surface area (Å²) in [5.41, 5.74) is 1.71. The van der Waals surface area contributed by atoms with Gasteiger partial charge in [0.2, 0.25) is 0 Å². The van der Waals surface area contributed by atoms with Gasteiger partial charge in [-0.15, -0.1) is 24.0 Å². The van der Waals surface area contributed by atoms with Crippen molar-refractivity contribution in [3.63, 3.8) is 0 Å². The summed E-state index contributed by atoms with van der Waals surface area (Å²) in [5.74, 6) is 2.53. The standard InChI is InChI=1S/C19H29N3O2.HI/c1-20-18(22-11-10-19(14-22)8-4-5-9-19)21-13-15-6-7-16(23-2)17(12-15)24-3;/h6-7,12H,4-5,8-11,13-14H2,1-3H3,(H,20,21);1H. The number of likely N-dealkylation sites (tertiary alicyclic amines) is 1. The highest BCUT2D eigenvalue weighted by molar-refractivity contribution is 14.0. The molecule has 1 aromatic carbocycles. The van der Waals surface area contributed by atoms with Crippen molar-refractivity contribution in [3.8, 4) is 11.5 Å². The maximum absolute atomic E-state index is 5.38. The Bertz CT molecular complexity index is 600. The van der Waals surface area contributed by atoms with Crippen molar-refractivity contribution in [1.29, 1.82) is 0 Å². The second kappa shape index (κ2) is 8.96. The summed E-state index contributed by atoms with van der Waals surface area (Å²) in [6.07, 6.45) is 6.87. The molecule has 3 rings (SSSR count). The molecule has 0 aromatic heterocycles. The van der Waals surface area contributed by atoms with Crippen LogP contribution in [0.2, 0.25) is 0 Å². The van der Waals surface area contributed by atoms with E-state index in [0.717, 1.165) is 42.7 Å². The maximum Gasteiger partial charge on any atom is 0.193 e. The molecule has 6 heteroatoms. The van der Waals surface area contributed by atoms with Crippen LogP contribution in [0.5, 0.6) is 11.5 Å². The summed E-state index contributed by atoms with van der Waals surface area (Å²) in [6, 6.07) is 6.02. The Hall–Kier alpha value is -1.18. The predicted molar refractivity (Wildman–Crippen MR) is 112 cm³/mol. The largest absolute Gasteiger partial charge is 0.493 e. The fourth-order valence-electron chi connectivity index (χ4n) is 4.15. The zero-order chi connectivity index (χ0) is 17.0. The number of nitrogens with one attached hydrogen (secondary N) is 1. The van der Waals surface area contributed by atoms with Gasteiger partial charge in [-0.2, -0.15) is 0 Å². The number of halogens is 1. The average Bonchev–Trinajstić information content (AvgIpc) is 3.25. The molecule has 2 fully saturated rings. The van der Waals surface area contributed by atoms with Gasteiger partial charge in [0.15, 0.2) is 17.5 Å². The molecule has 0 amide bonds. The van der Waals surface area contributed by atoms with E-state index >= 15 is 0 Å². The number of nitrogens with zero attached hydrogens (tertiary/aromatic N) is 2. The summed E-state index contributed by atoms with van der Waals surface area (Å²) in [5, 5.41) is 3.50. The molecular weight excluding hydrogens is 429 g/mol. The van der Waals surface area contributed by atoms with Crippen LogP contribution in [0.3, 0.4) is 0 Å². The molecular formula is C19H30IN3O2. The van der Waals surface area contributed by atoms with Crippen LogP contribution in [-0.2, 0) is 6.54 Å². The first-order chi connectivity index (χ1) is 11.7. The van der Waals surface area contributed by atoms with Crippen molar-refractivity contribution in [3.05, 3.63) is 23.8 Å². The lowest BCUT2D eigenvalue weighted by atomic mass is 9.86. The van der Waals surface area contributed by atoms with Crippen LogP contribution in [0, 0.1) is 5.41 Å². The molecule has 1 spiro atoms. The summed E-state index contributed by atoms with van der Waals surface area (Å²) in [6.45, 7) is 3.00. The van der Waals surface area contributed by atoms with Crippen LogP contribution < -0.4 is 14.8 Å². The fourth-order valence-corrected chi connectivity index (χ4v) is 4.15. The van der Waals surface area contributed by atoms with Gasteiger partial charge in [-0.3, -0.25) is 4.99 Å². The van der Waals surface area contributed by atoms with Gasteiger partial charge in [0, 0.05) is 26.7 Å². The van der Waals surface area contributed by atoms with Crippen molar-refractivity contribution in [1.82, 2.24) is 10.2 Å². The molecule has 0 unspecified atom stereocenters. The Morgan fingerprint density at radius 1 is 1.16 bits per heavy atom. The molecule has 0 atom stereocenters. The lowest BCUT2D eigenvalue weighted by molar-refractivity contribution is 0.309. The van der Waals surface area contributed by atoms with Gasteiger partial charge in [0.1, 0.15) is 0 Å². The predicted octanol–water partition coefficient (Wildman–Crippen LogP) is 3.66. The normalized spacial score (nSPS) is 19.0. The topological polar surface area (TPSA) is 46.1 Å². The molecule has 1 saturated heterocycles. The van der Waals surface area contributed by atoms with E-state index in [4.69, 9.17) is 9.47 Å². The van der Waals surface area contributed by atoms with Crippen molar-refractivity contribution in [2.75, 3.05) is 34.4 Å². The lowest BCUT2D eigenvalue weighted by Crippen LogP contribution is -2.40. The van der Waals surface area contributed by atoms with Crippen molar-refractivity contribution < 1.29 is 9.47 Å². The van der Waals surface area contributed by atoms with E-state index in [-0.39, 0.29) is 24.0 Å². The van der Waals surface area contributed by atoms with Crippen LogP contribution in [0.1, 0.15) is 37.7 Å². The Kier molecular flexibility index (Phi) is 7.22. The van der Waals surface area contributed by atoms with E-state index in [9.17, 15) is 0 Å². The zero-order valence-electron chi connectivity index (χ0n) is 15.5. The highest BCUT2D eigenvalue weighted by Crippen LogP contribution is 2.45. The number of hydrogen-bond donors (Lipinski definition) is 1. The van der Waals surface area contributed by atoms with Gasteiger partial charge < -0.3 is 19.7 Å². The monoisotopic (exact) mass is 459 g/mol. The number of aliphatic imine (C=N–C) groups is 1. The number of hydrogen-bond acceptors (Lipinski definition) is 3. The fraction of sp³-hybridized carbons (Fsp3) is 0.632. The van der Waals surface area contributed by atoms with Crippen LogP contribution in [0.15, 0.2) is 23.2 Å². The molecule has 1 aliphatic carbocycles. The highest BCUT2D eigenvalue weighted by Gasteiger charge is 2.41. The number of benzene rings is 1. The van der Waals surface area contributed by atoms with Crippen LogP contribution in [-0.4, -0.2) is 45.2 Å². The SMILES string of the molecule is CN=C(NCc1ccc(OC)c(OC)c1)N1CCC2(CCCC2)C1.I. The minimum Gasteiger partial charge on any atom is -0.493 e. The maximum atomic E-state index is 5.38. The van der Waals surface area contributed by atoms with E-state index in [1.165, 1.54) is 32.1 Å². The number of rotatable bonds is 4. The minimum absolute atomic E-state index is 0. The van der Waals surface area contributed by atoms with Crippen LogP contribution >= 0.6 is 24.0 Å². The molecule has 5 nitrogen and oxygen atoms in total. The molecule has 1 saturated carbocycles. The Morgan fingerprint density at radius 3 is 2.52 bits per heavy atom. The van der Waals surface area contributed by atoms with Gasteiger partial charge in [-0.25, -0.2) is 0 Å². The van der Waals surface area contributed by atoms with E-state index in [1.54, 1.807) is 14.2 Å². The minimum atomic E-state index is 0. The second-order valence-corrected chi connectivity index (χ2v) is 6.97. The van der Waals surface area contributed by atoms with Gasteiger partial charge >= 0.3 is 0 Å². The Balaban J connectivity index is 0.00000225. The highest BCUT2D eigenvalue weighted by atomic mass is 127. The second-order valence-electron chi connectivity index (χ2n) is 6.97. The third-order valence-corrected chi connectivity index (χ3v) is 5.51. The van der Waals surface area contributed by atoms with E-state index < -0.39 is 0 Å². The molecule has 1 heterocycles. The molecule has 0 bridgehead atoms. The molecule has 0 radical (unpaired) electrons. The lowest BCUT2D eigenvalue weighted by Gasteiger charge is -2.26. The van der Waals surface area contributed by atoms with Crippen LogP contribution in [0.4, 0.5) is 0 Å². The van der Waals surface area contributed by atoms with Crippen molar-refractivity contribution >= 4 is 29.9 Å². The van der Waals surface area contributed by atoms with Crippen LogP contribution in [0.25, 0.3) is 0 Å². The summed E-state index contributed by atoms with van der Waals surface area (Å²) in [4.78, 5) is 6.91. The van der Waals surface area contributed by atoms with Gasteiger partial charge in [-0.05, 0) is 42.4 Å². The molecule has 140 valence electrons. The quantitative estimate of drug-likeness (QED) is 0.424. The molecule has 1 N–H and O–H groups in total. The Labute approximate surface area is 168 Å². The van der Waals surface area contributed by atoms with E-state index in [2.05, 4.69) is 21.3 Å². The molecule has 25 heavy (non-hydrogen) atoms. The first-order valence-electron chi connectivity index (χ1n) is 8.86. The number of guanidine groups is 1. The van der Waals surface area contributed by atoms with Crippen molar-refractivity contribution in [2.24, 2.45) is 10.4 Å². The Morgan fingerprint density at radius 2 is 1.88 bits per heavy atom. The van der Waals surface area contributed by atoms with E-state index in [0.29, 0.717) is 5.41 Å². The van der Waals surface area contributed by atoms with Gasteiger partial charge in [0.05, 0.1) is 14.2 Å². The average molecular weight is 459 g/mol. The molecule has 1 aliphatic heterocycles. The molecule has 2 aliphatic rings. The molecule has 1 aromatic rings. The first-order valence-corrected chi connectivity index (χ1v) is 8.86. The number of ether oxygens (including phenoxy) is 2. The third kappa shape index (κ3) is 4.51. The van der Waals surface area contributed by atoms with E-state index in [1.807, 2.05) is 19.2 Å². The summed E-state index contributed by atoms with van der Waals surface area (Å²) < 4.78 is 10.7.